The third-order valence-corrected chi connectivity index (χ3v) is 4.18. The molecule has 7 nitrogen and oxygen atoms in total. The van der Waals surface area contributed by atoms with Gasteiger partial charge in [0.15, 0.2) is 5.82 Å². The second kappa shape index (κ2) is 9.49. The molecule has 152 valence electrons. The molecule has 0 unspecified atom stereocenters. The van der Waals surface area contributed by atoms with Crippen molar-refractivity contribution in [2.75, 3.05) is 28.7 Å². The molecule has 2 aromatic rings. The van der Waals surface area contributed by atoms with E-state index in [9.17, 15) is 22.8 Å². The first-order valence-corrected chi connectivity index (χ1v) is 9.29. The molecular weight excluding hydrogens is 399 g/mol. The fraction of sp³-hybridized carbons (Fsp3) is 0.353. The molecule has 28 heavy (non-hydrogen) atoms. The predicted molar refractivity (Wildman–Crippen MR) is 98.4 cm³/mol. The largest absolute Gasteiger partial charge is 0.492 e. The third kappa shape index (κ3) is 6.48. The molecule has 2 amide bonds. The van der Waals surface area contributed by atoms with Crippen LogP contribution in [0.25, 0.3) is 0 Å². The first kappa shape index (κ1) is 21.6. The van der Waals surface area contributed by atoms with Crippen LogP contribution in [-0.2, 0) is 15.8 Å². The highest BCUT2D eigenvalue weighted by Gasteiger charge is 2.31. The minimum absolute atomic E-state index is 0.0414. The average molecular weight is 417 g/mol. The number of aromatic nitrogens is 1. The number of anilines is 2. The minimum Gasteiger partial charge on any atom is -0.492 e. The Hall–Kier alpha value is -2.69. The zero-order valence-corrected chi connectivity index (χ0v) is 15.9. The van der Waals surface area contributed by atoms with Crippen molar-refractivity contribution in [2.24, 2.45) is 0 Å². The average Bonchev–Trinajstić information content (AvgIpc) is 3.00. The highest BCUT2D eigenvalue weighted by atomic mass is 32.2. The van der Waals surface area contributed by atoms with Gasteiger partial charge < -0.3 is 19.9 Å². The summed E-state index contributed by atoms with van der Waals surface area (Å²) in [7, 11) is 0. The summed E-state index contributed by atoms with van der Waals surface area (Å²) in [5.41, 5.74) is -0.981. The molecule has 2 rings (SSSR count). The molecule has 0 aliphatic carbocycles. The molecule has 2 N–H and O–H groups in total. The van der Waals surface area contributed by atoms with E-state index < -0.39 is 17.6 Å². The lowest BCUT2D eigenvalue weighted by Crippen LogP contribution is -2.19. The van der Waals surface area contributed by atoms with Gasteiger partial charge in [-0.1, -0.05) is 5.16 Å². The summed E-state index contributed by atoms with van der Waals surface area (Å²) >= 11 is 0.998. The summed E-state index contributed by atoms with van der Waals surface area (Å²) in [5, 5.41) is 8.49. The van der Waals surface area contributed by atoms with Crippen LogP contribution in [0, 0.1) is 6.92 Å². The van der Waals surface area contributed by atoms with Gasteiger partial charge >= 0.3 is 6.18 Å². The number of ether oxygens (including phenoxy) is 1. The lowest BCUT2D eigenvalue weighted by Gasteiger charge is -2.14. The van der Waals surface area contributed by atoms with Gasteiger partial charge in [-0.05, 0) is 32.0 Å². The first-order chi connectivity index (χ1) is 13.2. The van der Waals surface area contributed by atoms with Gasteiger partial charge in [0.1, 0.15) is 11.5 Å². The number of hydrogen-bond acceptors (Lipinski definition) is 6. The number of amides is 2. The number of hydrogen-bond donors (Lipinski definition) is 2. The number of halogens is 3. The first-order valence-electron chi connectivity index (χ1n) is 8.14. The van der Waals surface area contributed by atoms with Crippen molar-refractivity contribution in [2.45, 2.75) is 20.0 Å². The van der Waals surface area contributed by atoms with Crippen LogP contribution in [0.5, 0.6) is 5.75 Å². The van der Waals surface area contributed by atoms with Gasteiger partial charge in [-0.3, -0.25) is 9.59 Å². The maximum absolute atomic E-state index is 12.9. The van der Waals surface area contributed by atoms with E-state index in [0.29, 0.717) is 5.76 Å². The molecule has 1 heterocycles. The molecule has 1 aromatic carbocycles. The van der Waals surface area contributed by atoms with Crippen LogP contribution in [0.4, 0.5) is 24.7 Å². The van der Waals surface area contributed by atoms with E-state index in [1.54, 1.807) is 13.8 Å². The number of carbonyl (C=O) groups excluding carboxylic acids is 2. The maximum atomic E-state index is 12.9. The van der Waals surface area contributed by atoms with Crippen molar-refractivity contribution < 1.29 is 32.0 Å². The standard InChI is InChI=1S/C17H18F3N3O4S/c1-3-26-13-5-4-11(17(18,19)20)7-12(13)21-15(24)8-28-9-16(25)22-14-6-10(2)27-23-14/h4-7H,3,8-9H2,1-2H3,(H,21,24)(H,22,23,25). The molecule has 0 radical (unpaired) electrons. The van der Waals surface area contributed by atoms with Gasteiger partial charge in [0.05, 0.1) is 29.4 Å². The number of carbonyl (C=O) groups is 2. The summed E-state index contributed by atoms with van der Waals surface area (Å²) in [6.07, 6.45) is -4.55. The van der Waals surface area contributed by atoms with Gasteiger partial charge in [-0.15, -0.1) is 11.8 Å². The topological polar surface area (TPSA) is 93.5 Å². The van der Waals surface area contributed by atoms with Crippen LogP contribution in [0.3, 0.4) is 0 Å². The lowest BCUT2D eigenvalue weighted by atomic mass is 10.1. The van der Waals surface area contributed by atoms with Gasteiger partial charge in [0, 0.05) is 6.07 Å². The van der Waals surface area contributed by atoms with Crippen molar-refractivity contribution in [1.29, 1.82) is 0 Å². The fourth-order valence-corrected chi connectivity index (χ4v) is 2.73. The SMILES string of the molecule is CCOc1ccc(C(F)(F)F)cc1NC(=O)CSCC(=O)Nc1cc(C)on1. The molecule has 0 saturated heterocycles. The normalized spacial score (nSPS) is 11.2. The van der Waals surface area contributed by atoms with Crippen LogP contribution in [-0.4, -0.2) is 35.1 Å². The highest BCUT2D eigenvalue weighted by Crippen LogP contribution is 2.35. The number of thioether (sulfide) groups is 1. The Balaban J connectivity index is 1.90. The summed E-state index contributed by atoms with van der Waals surface area (Å²) in [4.78, 5) is 23.8. The summed E-state index contributed by atoms with van der Waals surface area (Å²) < 4.78 is 48.7. The van der Waals surface area contributed by atoms with Crippen molar-refractivity contribution in [3.05, 3.63) is 35.6 Å². The van der Waals surface area contributed by atoms with Crippen molar-refractivity contribution in [1.82, 2.24) is 5.16 Å². The lowest BCUT2D eigenvalue weighted by molar-refractivity contribution is -0.137. The van der Waals surface area contributed by atoms with E-state index in [-0.39, 0.29) is 41.3 Å². The van der Waals surface area contributed by atoms with E-state index in [0.717, 1.165) is 30.0 Å². The molecule has 0 aliphatic rings. The molecule has 0 aliphatic heterocycles. The molecule has 0 atom stereocenters. The second-order valence-electron chi connectivity index (χ2n) is 5.55. The molecule has 1 aromatic heterocycles. The van der Waals surface area contributed by atoms with Crippen LogP contribution in [0.15, 0.2) is 28.8 Å². The Morgan fingerprint density at radius 1 is 1.18 bits per heavy atom. The Bertz CT molecular complexity index is 839. The Morgan fingerprint density at radius 3 is 2.43 bits per heavy atom. The number of nitrogens with zero attached hydrogens (tertiary/aromatic N) is 1. The number of aryl methyl sites for hydroxylation is 1. The predicted octanol–water partition coefficient (Wildman–Crippen LogP) is 3.71. The molecule has 0 saturated carbocycles. The van der Waals surface area contributed by atoms with Crippen LogP contribution in [0.1, 0.15) is 18.2 Å². The molecule has 0 fully saturated rings. The van der Waals surface area contributed by atoms with Crippen molar-refractivity contribution in [3.8, 4) is 5.75 Å². The minimum atomic E-state index is -4.55. The van der Waals surface area contributed by atoms with E-state index in [1.165, 1.54) is 6.07 Å². The number of benzene rings is 1. The molecule has 11 heteroatoms. The summed E-state index contributed by atoms with van der Waals surface area (Å²) in [6, 6.07) is 4.39. The zero-order valence-electron chi connectivity index (χ0n) is 15.1. The zero-order chi connectivity index (χ0) is 20.7. The summed E-state index contributed by atoms with van der Waals surface area (Å²) in [6.45, 7) is 3.57. The van der Waals surface area contributed by atoms with Gasteiger partial charge in [0.25, 0.3) is 0 Å². The third-order valence-electron chi connectivity index (χ3n) is 3.24. The second-order valence-corrected chi connectivity index (χ2v) is 6.54. The monoisotopic (exact) mass is 417 g/mol. The molecule has 0 bridgehead atoms. The summed E-state index contributed by atoms with van der Waals surface area (Å²) in [5.74, 6) is -0.192. The number of nitrogens with one attached hydrogen (secondary N) is 2. The van der Waals surface area contributed by atoms with Crippen LogP contribution >= 0.6 is 11.8 Å². The Morgan fingerprint density at radius 2 is 1.86 bits per heavy atom. The Labute approximate surface area is 163 Å². The molecule has 0 spiro atoms. The van der Waals surface area contributed by atoms with Gasteiger partial charge in [-0.25, -0.2) is 0 Å². The van der Waals surface area contributed by atoms with Crippen LogP contribution < -0.4 is 15.4 Å². The van der Waals surface area contributed by atoms with E-state index in [4.69, 9.17) is 9.26 Å². The smallest absolute Gasteiger partial charge is 0.416 e. The van der Waals surface area contributed by atoms with Crippen LogP contribution in [0.2, 0.25) is 0 Å². The maximum Gasteiger partial charge on any atom is 0.416 e. The van der Waals surface area contributed by atoms with E-state index in [1.807, 2.05) is 0 Å². The highest BCUT2D eigenvalue weighted by molar-refractivity contribution is 8.00. The molecular formula is C17H18F3N3O4S. The van der Waals surface area contributed by atoms with Gasteiger partial charge in [0.2, 0.25) is 11.8 Å². The van der Waals surface area contributed by atoms with Crippen molar-refractivity contribution in [3.63, 3.8) is 0 Å². The number of rotatable bonds is 8. The van der Waals surface area contributed by atoms with Gasteiger partial charge in [-0.2, -0.15) is 13.2 Å². The fourth-order valence-electron chi connectivity index (χ4n) is 2.11. The Kier molecular flexibility index (Phi) is 7.32. The van der Waals surface area contributed by atoms with E-state index in [2.05, 4.69) is 15.8 Å². The van der Waals surface area contributed by atoms with Crippen molar-refractivity contribution >= 4 is 35.1 Å². The van der Waals surface area contributed by atoms with E-state index >= 15 is 0 Å². The quantitative estimate of drug-likeness (QED) is 0.680. The number of alkyl halides is 3.